The molecule has 0 heterocycles. The van der Waals surface area contributed by atoms with Crippen molar-refractivity contribution in [1.29, 1.82) is 0 Å². The molecule has 0 saturated heterocycles. The molecule has 0 fully saturated rings. The van der Waals surface area contributed by atoms with Crippen molar-refractivity contribution < 1.29 is 9.53 Å². The van der Waals surface area contributed by atoms with Crippen LogP contribution >= 0.6 is 0 Å². The quantitative estimate of drug-likeness (QED) is 0.409. The van der Waals surface area contributed by atoms with E-state index in [9.17, 15) is 4.79 Å². The van der Waals surface area contributed by atoms with Crippen LogP contribution in [0.25, 0.3) is 0 Å². The molecule has 0 bridgehead atoms. The van der Waals surface area contributed by atoms with Gasteiger partial charge in [-0.05, 0) is 12.8 Å². The molecular weight excluding hydrogens is 178 g/mol. The van der Waals surface area contributed by atoms with Crippen molar-refractivity contribution in [2.45, 2.75) is 44.9 Å². The highest BCUT2D eigenvalue weighted by molar-refractivity contribution is 5.46. The van der Waals surface area contributed by atoms with Crippen molar-refractivity contribution in [1.82, 2.24) is 5.32 Å². The molecule has 1 amide bonds. The average molecular weight is 199 g/mol. The van der Waals surface area contributed by atoms with Crippen LogP contribution in [0.2, 0.25) is 0 Å². The Kier molecular flexibility index (Phi) is 11.9. The van der Waals surface area contributed by atoms with Gasteiger partial charge in [-0.25, -0.2) is 0 Å². The van der Waals surface area contributed by atoms with Crippen molar-refractivity contribution in [3.8, 4) is 0 Å². The number of amides is 1. The average Bonchev–Trinajstić information content (AvgIpc) is 2.21. The van der Waals surface area contributed by atoms with Crippen molar-refractivity contribution in [3.05, 3.63) is 7.11 Å². The van der Waals surface area contributed by atoms with E-state index < -0.39 is 0 Å². The Morgan fingerprint density at radius 2 is 1.57 bits per heavy atom. The van der Waals surface area contributed by atoms with Gasteiger partial charge >= 0.3 is 6.41 Å². The minimum Gasteiger partial charge on any atom is -0.379 e. The highest BCUT2D eigenvalue weighted by Gasteiger charge is 1.91. The largest absolute Gasteiger partial charge is 0.379 e. The lowest BCUT2D eigenvalue weighted by molar-refractivity contribution is 0.233. The minimum absolute atomic E-state index is 0.763. The zero-order valence-corrected chi connectivity index (χ0v) is 8.89. The smallest absolute Gasteiger partial charge is 0.309 e. The van der Waals surface area contributed by atoms with Crippen LogP contribution in [-0.4, -0.2) is 19.6 Å². The SMILES string of the molecule is [CH2]OCCCCCCCCCN[C]=O. The summed E-state index contributed by atoms with van der Waals surface area (Å²) in [6.45, 7) is 1.54. The van der Waals surface area contributed by atoms with Crippen LogP contribution in [-0.2, 0) is 9.53 Å². The van der Waals surface area contributed by atoms with E-state index in [1.807, 2.05) is 0 Å². The van der Waals surface area contributed by atoms with Gasteiger partial charge < -0.3 is 10.1 Å². The van der Waals surface area contributed by atoms with Gasteiger partial charge in [0, 0.05) is 13.2 Å². The van der Waals surface area contributed by atoms with Gasteiger partial charge in [0.25, 0.3) is 0 Å². The van der Waals surface area contributed by atoms with E-state index in [0.717, 1.165) is 26.0 Å². The Labute approximate surface area is 87.2 Å². The molecule has 0 aliphatic rings. The van der Waals surface area contributed by atoms with E-state index in [2.05, 4.69) is 12.4 Å². The summed E-state index contributed by atoms with van der Waals surface area (Å²) in [5, 5.41) is 2.54. The van der Waals surface area contributed by atoms with Crippen molar-refractivity contribution in [3.63, 3.8) is 0 Å². The lowest BCUT2D eigenvalue weighted by atomic mass is 10.1. The van der Waals surface area contributed by atoms with Crippen LogP contribution in [0, 0.1) is 7.11 Å². The van der Waals surface area contributed by atoms with E-state index in [1.165, 1.54) is 32.1 Å². The Morgan fingerprint density at radius 3 is 2.14 bits per heavy atom. The molecule has 82 valence electrons. The van der Waals surface area contributed by atoms with Gasteiger partial charge in [-0.2, -0.15) is 0 Å². The summed E-state index contributed by atoms with van der Waals surface area (Å²) in [7, 11) is 3.32. The number of rotatable bonds is 11. The highest BCUT2D eigenvalue weighted by atomic mass is 16.5. The van der Waals surface area contributed by atoms with Gasteiger partial charge in [-0.3, -0.25) is 4.79 Å². The third kappa shape index (κ3) is 11.4. The lowest BCUT2D eigenvalue weighted by Crippen LogP contribution is -2.11. The molecule has 3 heteroatoms. The van der Waals surface area contributed by atoms with Gasteiger partial charge in [0.05, 0.1) is 7.11 Å². The number of carbonyl (C=O) groups excluding carboxylic acids is 1. The molecule has 0 aromatic heterocycles. The molecule has 0 aliphatic heterocycles. The van der Waals surface area contributed by atoms with Gasteiger partial charge in [-0.1, -0.05) is 32.1 Å². The van der Waals surface area contributed by atoms with E-state index in [-0.39, 0.29) is 0 Å². The van der Waals surface area contributed by atoms with Crippen LogP contribution in [0.4, 0.5) is 0 Å². The lowest BCUT2D eigenvalue weighted by Gasteiger charge is -2.01. The topological polar surface area (TPSA) is 38.3 Å². The molecule has 3 nitrogen and oxygen atoms in total. The number of hydrogen-bond acceptors (Lipinski definition) is 2. The first-order chi connectivity index (χ1) is 6.91. The zero-order valence-electron chi connectivity index (χ0n) is 8.89. The fourth-order valence-electron chi connectivity index (χ4n) is 1.35. The van der Waals surface area contributed by atoms with Crippen LogP contribution in [0.3, 0.4) is 0 Å². The van der Waals surface area contributed by atoms with E-state index >= 15 is 0 Å². The third-order valence-corrected chi connectivity index (χ3v) is 2.16. The van der Waals surface area contributed by atoms with Gasteiger partial charge in [0.15, 0.2) is 0 Å². The Hall–Kier alpha value is -0.570. The monoisotopic (exact) mass is 199 g/mol. The van der Waals surface area contributed by atoms with Crippen molar-refractivity contribution >= 4 is 6.41 Å². The van der Waals surface area contributed by atoms with Crippen LogP contribution in [0.5, 0.6) is 0 Å². The van der Waals surface area contributed by atoms with Crippen LogP contribution < -0.4 is 5.32 Å². The second-order valence-corrected chi connectivity index (χ2v) is 3.41. The molecule has 0 atom stereocenters. The Balaban J connectivity index is 2.81. The molecular formula is C11H21NO2. The molecule has 14 heavy (non-hydrogen) atoms. The molecule has 0 spiro atoms. The predicted molar refractivity (Wildman–Crippen MR) is 57.3 cm³/mol. The maximum absolute atomic E-state index is 9.79. The molecule has 0 aromatic rings. The summed E-state index contributed by atoms with van der Waals surface area (Å²) in [6, 6.07) is 0. The fraction of sp³-hybridized carbons (Fsp3) is 0.818. The maximum atomic E-state index is 9.79. The standard InChI is InChI=1S/C11H21NO2/c1-14-10-8-6-4-2-3-5-7-9-12-11-13/h1-10H2,(H,12,13). The van der Waals surface area contributed by atoms with Gasteiger partial charge in [0.2, 0.25) is 0 Å². The predicted octanol–water partition coefficient (Wildman–Crippen LogP) is 2.18. The van der Waals surface area contributed by atoms with Crippen molar-refractivity contribution in [2.24, 2.45) is 0 Å². The van der Waals surface area contributed by atoms with Crippen LogP contribution in [0.15, 0.2) is 0 Å². The molecule has 0 rings (SSSR count). The minimum atomic E-state index is 0.763. The van der Waals surface area contributed by atoms with E-state index in [0.29, 0.717) is 0 Å². The zero-order chi connectivity index (χ0) is 10.5. The number of unbranched alkanes of at least 4 members (excludes halogenated alkanes) is 6. The van der Waals surface area contributed by atoms with Crippen molar-refractivity contribution in [2.75, 3.05) is 13.2 Å². The number of nitrogens with one attached hydrogen (secondary N) is 1. The molecule has 0 unspecified atom stereocenters. The summed E-state index contributed by atoms with van der Waals surface area (Å²) in [5.74, 6) is 0. The maximum Gasteiger partial charge on any atom is 0.309 e. The molecule has 2 radical (unpaired) electrons. The van der Waals surface area contributed by atoms with Gasteiger partial charge in [-0.15, -0.1) is 0 Å². The molecule has 1 N–H and O–H groups in total. The summed E-state index contributed by atoms with van der Waals surface area (Å²) < 4.78 is 4.72. The normalized spacial score (nSPS) is 10.1. The summed E-state index contributed by atoms with van der Waals surface area (Å²) in [4.78, 5) is 9.79. The second kappa shape index (κ2) is 12.4. The summed E-state index contributed by atoms with van der Waals surface area (Å²) in [5.41, 5.74) is 0. The fourth-order valence-corrected chi connectivity index (χ4v) is 1.35. The first kappa shape index (κ1) is 13.4. The Morgan fingerprint density at radius 1 is 1.00 bits per heavy atom. The Bertz CT molecular complexity index is 118. The first-order valence-electron chi connectivity index (χ1n) is 5.39. The molecule has 0 saturated carbocycles. The molecule has 0 aromatic carbocycles. The first-order valence-corrected chi connectivity index (χ1v) is 5.39. The van der Waals surface area contributed by atoms with Crippen LogP contribution in [0.1, 0.15) is 44.9 Å². The summed E-state index contributed by atoms with van der Waals surface area (Å²) >= 11 is 0. The third-order valence-electron chi connectivity index (χ3n) is 2.16. The van der Waals surface area contributed by atoms with E-state index in [4.69, 9.17) is 4.74 Å². The number of hydrogen-bond donors (Lipinski definition) is 1. The number of ether oxygens (including phenoxy) is 1. The summed E-state index contributed by atoms with van der Waals surface area (Å²) in [6.07, 6.45) is 10.1. The molecule has 0 aliphatic carbocycles. The highest BCUT2D eigenvalue weighted by Crippen LogP contribution is 2.06. The second-order valence-electron chi connectivity index (χ2n) is 3.41. The van der Waals surface area contributed by atoms with Gasteiger partial charge in [0.1, 0.15) is 0 Å². The van der Waals surface area contributed by atoms with E-state index in [1.54, 1.807) is 6.41 Å².